The maximum absolute atomic E-state index is 12.2. The first-order chi connectivity index (χ1) is 10.4. The number of likely N-dealkylation sites (N-methyl/N-ethyl adjacent to an activating group) is 1. The number of benzene rings is 1. The standard InChI is InChI=1S/C15H20N2O6/c1-14(2,3)23-13(20)16(5)15(4,9-18)10-6-7-11(17(21)22)12(19)8-10/h6-9,19H,1-5H3. The van der Waals surface area contributed by atoms with Crippen LogP contribution in [0.3, 0.4) is 0 Å². The van der Waals surface area contributed by atoms with E-state index in [2.05, 4.69) is 0 Å². The molecule has 0 bridgehead atoms. The van der Waals surface area contributed by atoms with Gasteiger partial charge in [-0.05, 0) is 45.4 Å². The number of phenols is 1. The molecule has 8 heteroatoms. The molecule has 0 aliphatic heterocycles. The van der Waals surface area contributed by atoms with E-state index in [1.165, 1.54) is 20.0 Å². The van der Waals surface area contributed by atoms with Crippen LogP contribution in [-0.4, -0.2) is 40.0 Å². The Hall–Kier alpha value is -2.64. The summed E-state index contributed by atoms with van der Waals surface area (Å²) in [5.41, 5.74) is -2.45. The molecule has 126 valence electrons. The van der Waals surface area contributed by atoms with Gasteiger partial charge in [0, 0.05) is 13.1 Å². The highest BCUT2D eigenvalue weighted by Crippen LogP contribution is 2.33. The van der Waals surface area contributed by atoms with Crippen LogP contribution in [-0.2, 0) is 15.1 Å². The minimum Gasteiger partial charge on any atom is -0.502 e. The molecule has 1 amide bonds. The normalized spacial score (nSPS) is 13.8. The number of carbonyl (C=O) groups is 2. The van der Waals surface area contributed by atoms with Crippen molar-refractivity contribution in [3.8, 4) is 5.75 Å². The van der Waals surface area contributed by atoms with E-state index >= 15 is 0 Å². The second-order valence-electron chi connectivity index (χ2n) is 6.27. The molecular weight excluding hydrogens is 304 g/mol. The highest BCUT2D eigenvalue weighted by molar-refractivity contribution is 5.78. The van der Waals surface area contributed by atoms with Crippen molar-refractivity contribution >= 4 is 18.1 Å². The molecule has 1 aromatic carbocycles. The summed E-state index contributed by atoms with van der Waals surface area (Å²) in [5, 5.41) is 20.5. The summed E-state index contributed by atoms with van der Waals surface area (Å²) in [6, 6.07) is 3.48. The van der Waals surface area contributed by atoms with Gasteiger partial charge in [-0.1, -0.05) is 0 Å². The summed E-state index contributed by atoms with van der Waals surface area (Å²) in [7, 11) is 1.38. The Labute approximate surface area is 133 Å². The van der Waals surface area contributed by atoms with Gasteiger partial charge < -0.3 is 14.6 Å². The molecule has 0 aromatic heterocycles. The third kappa shape index (κ3) is 3.97. The minimum atomic E-state index is -1.45. The zero-order valence-corrected chi connectivity index (χ0v) is 13.7. The molecule has 0 aliphatic rings. The molecule has 1 aromatic rings. The Morgan fingerprint density at radius 3 is 2.30 bits per heavy atom. The molecular formula is C15H20N2O6. The Balaban J connectivity index is 3.23. The lowest BCUT2D eigenvalue weighted by Gasteiger charge is -2.35. The van der Waals surface area contributed by atoms with Crippen molar-refractivity contribution in [2.45, 2.75) is 38.8 Å². The highest BCUT2D eigenvalue weighted by Gasteiger charge is 2.37. The van der Waals surface area contributed by atoms with Crippen molar-refractivity contribution in [2.24, 2.45) is 0 Å². The second kappa shape index (κ2) is 6.23. The average Bonchev–Trinajstić information content (AvgIpc) is 2.43. The third-order valence-corrected chi connectivity index (χ3v) is 3.35. The summed E-state index contributed by atoms with van der Waals surface area (Å²) in [6.45, 7) is 6.52. The topological polar surface area (TPSA) is 110 Å². The van der Waals surface area contributed by atoms with Crippen molar-refractivity contribution in [3.05, 3.63) is 33.9 Å². The predicted octanol–water partition coefficient (Wildman–Crippen LogP) is 2.58. The van der Waals surface area contributed by atoms with Crippen LogP contribution in [0.4, 0.5) is 10.5 Å². The molecule has 0 heterocycles. The molecule has 1 N–H and O–H groups in total. The van der Waals surface area contributed by atoms with Gasteiger partial charge in [-0.15, -0.1) is 0 Å². The van der Waals surface area contributed by atoms with Crippen LogP contribution in [0.25, 0.3) is 0 Å². The first kappa shape index (κ1) is 18.4. The van der Waals surface area contributed by atoms with E-state index in [9.17, 15) is 24.8 Å². The van der Waals surface area contributed by atoms with Gasteiger partial charge in [0.15, 0.2) is 5.75 Å². The largest absolute Gasteiger partial charge is 0.502 e. The monoisotopic (exact) mass is 324 g/mol. The number of aromatic hydroxyl groups is 1. The first-order valence-corrected chi connectivity index (χ1v) is 6.83. The zero-order chi connectivity index (χ0) is 18.0. The van der Waals surface area contributed by atoms with Gasteiger partial charge in [-0.25, -0.2) is 4.79 Å². The van der Waals surface area contributed by atoms with E-state index in [4.69, 9.17) is 4.74 Å². The Morgan fingerprint density at radius 2 is 1.91 bits per heavy atom. The molecule has 1 rings (SSSR count). The second-order valence-corrected chi connectivity index (χ2v) is 6.27. The molecule has 0 aliphatic carbocycles. The van der Waals surface area contributed by atoms with Crippen LogP contribution in [0, 0.1) is 10.1 Å². The Morgan fingerprint density at radius 1 is 1.35 bits per heavy atom. The smallest absolute Gasteiger partial charge is 0.411 e. The Kier molecular flexibility index (Phi) is 4.99. The summed E-state index contributed by atoms with van der Waals surface area (Å²) in [6.07, 6.45) is -0.220. The van der Waals surface area contributed by atoms with Crippen LogP contribution >= 0.6 is 0 Å². The van der Waals surface area contributed by atoms with Crippen LogP contribution in [0.15, 0.2) is 18.2 Å². The predicted molar refractivity (Wildman–Crippen MR) is 82.2 cm³/mol. The van der Waals surface area contributed by atoms with E-state index in [0.717, 1.165) is 17.0 Å². The molecule has 8 nitrogen and oxygen atoms in total. The van der Waals surface area contributed by atoms with Crippen molar-refractivity contribution in [1.29, 1.82) is 0 Å². The van der Waals surface area contributed by atoms with E-state index < -0.39 is 33.6 Å². The molecule has 23 heavy (non-hydrogen) atoms. The van der Waals surface area contributed by atoms with Crippen LogP contribution in [0.5, 0.6) is 5.75 Å². The molecule has 0 spiro atoms. The molecule has 0 fully saturated rings. The minimum absolute atomic E-state index is 0.226. The van der Waals surface area contributed by atoms with Crippen LogP contribution < -0.4 is 0 Å². The van der Waals surface area contributed by atoms with E-state index in [1.807, 2.05) is 0 Å². The number of aldehydes is 1. The quantitative estimate of drug-likeness (QED) is 0.518. The number of ether oxygens (including phenoxy) is 1. The van der Waals surface area contributed by atoms with E-state index in [1.54, 1.807) is 20.8 Å². The molecule has 1 atom stereocenters. The lowest BCUT2D eigenvalue weighted by atomic mass is 9.91. The van der Waals surface area contributed by atoms with E-state index in [-0.39, 0.29) is 5.56 Å². The Bertz CT molecular complexity index is 637. The lowest BCUT2D eigenvalue weighted by Crippen LogP contribution is -2.48. The fourth-order valence-corrected chi connectivity index (χ4v) is 1.85. The fraction of sp³-hybridized carbons (Fsp3) is 0.467. The fourth-order valence-electron chi connectivity index (χ4n) is 1.85. The SMILES string of the molecule is CN(C(=O)OC(C)(C)C)C(C)(C=O)c1ccc([N+](=O)[O-])c(O)c1. The zero-order valence-electron chi connectivity index (χ0n) is 13.7. The average molecular weight is 324 g/mol. The maximum Gasteiger partial charge on any atom is 0.411 e. The summed E-state index contributed by atoms with van der Waals surface area (Å²) < 4.78 is 5.22. The number of hydrogen-bond donors (Lipinski definition) is 1. The summed E-state index contributed by atoms with van der Waals surface area (Å²) in [4.78, 5) is 34.9. The number of phenolic OH excluding ortho intramolecular Hbond substituents is 1. The number of nitro benzene ring substituents is 1. The van der Waals surface area contributed by atoms with Crippen molar-refractivity contribution in [2.75, 3.05) is 7.05 Å². The van der Waals surface area contributed by atoms with Crippen LogP contribution in [0.2, 0.25) is 0 Å². The number of amides is 1. The lowest BCUT2D eigenvalue weighted by molar-refractivity contribution is -0.385. The highest BCUT2D eigenvalue weighted by atomic mass is 16.6. The van der Waals surface area contributed by atoms with Gasteiger partial charge in [0.25, 0.3) is 0 Å². The number of rotatable bonds is 4. The van der Waals surface area contributed by atoms with Gasteiger partial charge in [-0.2, -0.15) is 0 Å². The molecule has 0 saturated carbocycles. The number of carbonyl (C=O) groups excluding carboxylic acids is 2. The molecule has 0 saturated heterocycles. The van der Waals surface area contributed by atoms with Gasteiger partial charge in [-0.3, -0.25) is 15.0 Å². The first-order valence-electron chi connectivity index (χ1n) is 6.83. The van der Waals surface area contributed by atoms with E-state index in [0.29, 0.717) is 6.29 Å². The number of nitro groups is 1. The number of nitrogens with zero attached hydrogens (tertiary/aromatic N) is 2. The third-order valence-electron chi connectivity index (χ3n) is 3.35. The summed E-state index contributed by atoms with van der Waals surface area (Å²) >= 11 is 0. The molecule has 0 radical (unpaired) electrons. The number of hydrogen-bond acceptors (Lipinski definition) is 6. The maximum atomic E-state index is 12.2. The van der Waals surface area contributed by atoms with Crippen molar-refractivity contribution < 1.29 is 24.4 Å². The van der Waals surface area contributed by atoms with Gasteiger partial charge >= 0.3 is 11.8 Å². The van der Waals surface area contributed by atoms with Crippen molar-refractivity contribution in [1.82, 2.24) is 4.90 Å². The van der Waals surface area contributed by atoms with Gasteiger partial charge in [0.1, 0.15) is 17.4 Å². The van der Waals surface area contributed by atoms with Crippen LogP contribution in [0.1, 0.15) is 33.3 Å². The summed E-state index contributed by atoms with van der Waals surface area (Å²) in [5.74, 6) is -0.585. The molecule has 1 unspecified atom stereocenters. The van der Waals surface area contributed by atoms with Gasteiger partial charge in [0.2, 0.25) is 0 Å². The van der Waals surface area contributed by atoms with Gasteiger partial charge in [0.05, 0.1) is 4.92 Å². The van der Waals surface area contributed by atoms with Crippen molar-refractivity contribution in [3.63, 3.8) is 0 Å².